The minimum Gasteiger partial charge on any atom is -0.462 e. The van der Waals surface area contributed by atoms with Crippen LogP contribution >= 0.6 is 7.82 Å². The van der Waals surface area contributed by atoms with Gasteiger partial charge in [0, 0.05) is 19.4 Å². The molecule has 236 valence electrons. The summed E-state index contributed by atoms with van der Waals surface area (Å²) in [7, 11) is -4.35. The third-order valence-electron chi connectivity index (χ3n) is 6.40. The van der Waals surface area contributed by atoms with Crippen LogP contribution < -0.4 is 5.73 Å². The molecule has 0 heterocycles. The number of hydrogen-bond acceptors (Lipinski definition) is 8. The Hall–Kier alpha value is -1.25. The van der Waals surface area contributed by atoms with Gasteiger partial charge in [-0.1, -0.05) is 96.6 Å². The number of nitrogens with two attached hydrogens (primary N) is 1. The van der Waals surface area contributed by atoms with Crippen molar-refractivity contribution in [2.24, 2.45) is 5.73 Å². The molecule has 0 amide bonds. The average Bonchev–Trinajstić information content (AvgIpc) is 2.93. The van der Waals surface area contributed by atoms with Gasteiger partial charge in [0.15, 0.2) is 6.10 Å². The van der Waals surface area contributed by atoms with Crippen molar-refractivity contribution in [2.45, 2.75) is 142 Å². The zero-order chi connectivity index (χ0) is 29.7. The van der Waals surface area contributed by atoms with Crippen LogP contribution in [0, 0.1) is 0 Å². The number of carbonyl (C=O) groups excluding carboxylic acids is 2. The Balaban J connectivity index is 4.12. The molecular formula is C30H58NO8P. The van der Waals surface area contributed by atoms with Gasteiger partial charge >= 0.3 is 19.8 Å². The number of carbonyl (C=O) groups is 2. The van der Waals surface area contributed by atoms with Crippen LogP contribution in [0.5, 0.6) is 0 Å². The molecule has 0 aromatic heterocycles. The first kappa shape index (κ1) is 38.8. The predicted octanol–water partition coefficient (Wildman–Crippen LogP) is 7.54. The van der Waals surface area contributed by atoms with Crippen molar-refractivity contribution in [3.63, 3.8) is 0 Å². The van der Waals surface area contributed by atoms with Crippen LogP contribution in [0.3, 0.4) is 0 Å². The summed E-state index contributed by atoms with van der Waals surface area (Å²) >= 11 is 0. The molecule has 0 saturated carbocycles. The topological polar surface area (TPSA) is 134 Å². The van der Waals surface area contributed by atoms with Crippen LogP contribution in [-0.4, -0.2) is 49.3 Å². The second-order valence-electron chi connectivity index (χ2n) is 10.3. The van der Waals surface area contributed by atoms with Gasteiger partial charge in [-0.2, -0.15) is 0 Å². The van der Waals surface area contributed by atoms with E-state index in [-0.39, 0.29) is 32.6 Å². The van der Waals surface area contributed by atoms with Crippen LogP contribution in [0.1, 0.15) is 136 Å². The van der Waals surface area contributed by atoms with Gasteiger partial charge in [0.25, 0.3) is 0 Å². The molecule has 0 rings (SSSR count). The molecule has 0 radical (unpaired) electrons. The summed E-state index contributed by atoms with van der Waals surface area (Å²) in [6.07, 6.45) is 23.3. The van der Waals surface area contributed by atoms with Crippen LogP contribution in [-0.2, 0) is 32.7 Å². The lowest BCUT2D eigenvalue weighted by atomic mass is 10.1. The van der Waals surface area contributed by atoms with Crippen molar-refractivity contribution in [1.82, 2.24) is 0 Å². The van der Waals surface area contributed by atoms with Gasteiger partial charge in [0.05, 0.1) is 13.2 Å². The van der Waals surface area contributed by atoms with Gasteiger partial charge in [-0.05, 0) is 38.5 Å². The Morgan fingerprint density at radius 2 is 1.23 bits per heavy atom. The van der Waals surface area contributed by atoms with Crippen molar-refractivity contribution >= 4 is 19.8 Å². The molecule has 0 aliphatic heterocycles. The molecule has 0 aliphatic carbocycles. The number of hydrogen-bond donors (Lipinski definition) is 2. The Bertz CT molecular complexity index is 689. The number of esters is 2. The van der Waals surface area contributed by atoms with E-state index in [0.717, 1.165) is 44.9 Å². The third-order valence-corrected chi connectivity index (χ3v) is 7.39. The van der Waals surface area contributed by atoms with E-state index in [2.05, 4.69) is 19.1 Å². The van der Waals surface area contributed by atoms with Crippen LogP contribution in [0.15, 0.2) is 12.2 Å². The van der Waals surface area contributed by atoms with Crippen LogP contribution in [0.2, 0.25) is 0 Å². The van der Waals surface area contributed by atoms with Crippen LogP contribution in [0.25, 0.3) is 0 Å². The highest BCUT2D eigenvalue weighted by molar-refractivity contribution is 7.47. The zero-order valence-corrected chi connectivity index (χ0v) is 26.2. The molecule has 0 bridgehead atoms. The minimum atomic E-state index is -4.35. The summed E-state index contributed by atoms with van der Waals surface area (Å²) in [5.41, 5.74) is 5.28. The second kappa shape index (κ2) is 27.9. The first-order valence-electron chi connectivity index (χ1n) is 15.7. The largest absolute Gasteiger partial charge is 0.472 e. The van der Waals surface area contributed by atoms with Crippen molar-refractivity contribution in [3.05, 3.63) is 12.2 Å². The van der Waals surface area contributed by atoms with E-state index in [1.807, 2.05) is 6.92 Å². The molecule has 0 fully saturated rings. The minimum absolute atomic E-state index is 0.0533. The summed E-state index contributed by atoms with van der Waals surface area (Å²) < 4.78 is 32.1. The molecular weight excluding hydrogens is 533 g/mol. The highest BCUT2D eigenvalue weighted by Gasteiger charge is 2.25. The Morgan fingerprint density at radius 3 is 1.82 bits per heavy atom. The highest BCUT2D eigenvalue weighted by Crippen LogP contribution is 2.43. The maximum Gasteiger partial charge on any atom is 0.472 e. The Kier molecular flexibility index (Phi) is 27.0. The Morgan fingerprint density at radius 1 is 0.725 bits per heavy atom. The van der Waals surface area contributed by atoms with Gasteiger partial charge in [0.2, 0.25) is 0 Å². The third kappa shape index (κ3) is 26.9. The summed E-state index contributed by atoms with van der Waals surface area (Å²) in [6, 6.07) is 0. The molecule has 9 nitrogen and oxygen atoms in total. The van der Waals surface area contributed by atoms with E-state index in [1.165, 1.54) is 51.4 Å². The number of ether oxygens (including phenoxy) is 2. The molecule has 0 aliphatic rings. The first-order valence-corrected chi connectivity index (χ1v) is 17.2. The van der Waals surface area contributed by atoms with E-state index in [9.17, 15) is 19.0 Å². The van der Waals surface area contributed by atoms with E-state index in [1.54, 1.807) is 0 Å². The lowest BCUT2D eigenvalue weighted by molar-refractivity contribution is -0.161. The van der Waals surface area contributed by atoms with Crippen molar-refractivity contribution in [3.8, 4) is 0 Å². The normalized spacial score (nSPS) is 13.8. The lowest BCUT2D eigenvalue weighted by Gasteiger charge is -2.19. The van der Waals surface area contributed by atoms with E-state index >= 15 is 0 Å². The molecule has 0 aromatic rings. The number of unbranched alkanes of at least 4 members (excludes halogenated alkanes) is 14. The molecule has 2 unspecified atom stereocenters. The number of rotatable bonds is 29. The number of allylic oxidation sites excluding steroid dienone is 2. The fourth-order valence-electron chi connectivity index (χ4n) is 4.04. The van der Waals surface area contributed by atoms with Crippen molar-refractivity contribution in [1.29, 1.82) is 0 Å². The molecule has 0 saturated heterocycles. The summed E-state index contributed by atoms with van der Waals surface area (Å²) in [6.45, 7) is 3.50. The average molecular weight is 592 g/mol. The van der Waals surface area contributed by atoms with Gasteiger partial charge in [-0.25, -0.2) is 4.57 Å². The van der Waals surface area contributed by atoms with E-state index in [0.29, 0.717) is 12.8 Å². The molecule has 0 spiro atoms. The number of phosphoric ester groups is 1. The van der Waals surface area contributed by atoms with Gasteiger partial charge in [-0.15, -0.1) is 0 Å². The first-order chi connectivity index (χ1) is 19.3. The second-order valence-corrected chi connectivity index (χ2v) is 11.8. The lowest BCUT2D eigenvalue weighted by Crippen LogP contribution is -2.29. The zero-order valence-electron chi connectivity index (χ0n) is 25.3. The predicted molar refractivity (Wildman–Crippen MR) is 160 cm³/mol. The summed E-state index contributed by atoms with van der Waals surface area (Å²) in [5, 5.41) is 0. The fraction of sp³-hybridized carbons (Fsp3) is 0.867. The van der Waals surface area contributed by atoms with Crippen molar-refractivity contribution < 1.29 is 37.6 Å². The monoisotopic (exact) mass is 591 g/mol. The fourth-order valence-corrected chi connectivity index (χ4v) is 4.80. The maximum absolute atomic E-state index is 12.3. The van der Waals surface area contributed by atoms with Gasteiger partial charge in [-0.3, -0.25) is 18.6 Å². The van der Waals surface area contributed by atoms with Gasteiger partial charge in [0.1, 0.15) is 6.61 Å². The maximum atomic E-state index is 12.3. The smallest absolute Gasteiger partial charge is 0.462 e. The van der Waals surface area contributed by atoms with E-state index in [4.69, 9.17) is 24.3 Å². The quantitative estimate of drug-likeness (QED) is 0.0391. The van der Waals surface area contributed by atoms with Gasteiger partial charge < -0.3 is 20.1 Å². The SMILES string of the molecule is CCCCCCCCC/C=C\CCCCCCCC(=O)OC(COC(=O)CCCCC)COP(=O)(O)OCCN. The van der Waals surface area contributed by atoms with Crippen molar-refractivity contribution in [2.75, 3.05) is 26.4 Å². The molecule has 0 aromatic carbocycles. The highest BCUT2D eigenvalue weighted by atomic mass is 31.2. The molecule has 2 atom stereocenters. The molecule has 40 heavy (non-hydrogen) atoms. The van der Waals surface area contributed by atoms with E-state index < -0.39 is 32.5 Å². The molecule has 3 N–H and O–H groups in total. The summed E-state index contributed by atoms with van der Waals surface area (Å²) in [4.78, 5) is 34.0. The standard InChI is InChI=1S/C30H58NO8P/c1-3-5-7-8-9-10-11-12-13-14-15-16-17-18-19-21-23-30(33)39-28(26-36-29(32)22-20-6-4-2)27-38-40(34,35)37-25-24-31/h13-14,28H,3-12,15-27,31H2,1-2H3,(H,34,35)/b14-13-. The Labute approximate surface area is 243 Å². The summed E-state index contributed by atoms with van der Waals surface area (Å²) in [5.74, 6) is -0.867. The molecule has 10 heteroatoms. The number of phosphoric acid groups is 1. The van der Waals surface area contributed by atoms with Crippen LogP contribution in [0.4, 0.5) is 0 Å².